The highest BCUT2D eigenvalue weighted by atomic mass is 28.4. The van der Waals surface area contributed by atoms with Crippen LogP contribution in [0.25, 0.3) is 0 Å². The van der Waals surface area contributed by atoms with Crippen LogP contribution in [0.15, 0.2) is 72.3 Å². The zero-order valence-corrected chi connectivity index (χ0v) is 18.7. The lowest BCUT2D eigenvalue weighted by Gasteiger charge is -2.44. The monoisotopic (exact) mass is 394 g/mol. The van der Waals surface area contributed by atoms with Gasteiger partial charge in [-0.25, -0.2) is 0 Å². The lowest BCUT2D eigenvalue weighted by molar-refractivity contribution is 0.174. The van der Waals surface area contributed by atoms with E-state index < -0.39 is 8.32 Å². The third kappa shape index (κ3) is 4.32. The average molecular weight is 395 g/mol. The van der Waals surface area contributed by atoms with E-state index in [4.69, 9.17) is 4.43 Å². The third-order valence-corrected chi connectivity index (χ3v) is 11.0. The van der Waals surface area contributed by atoms with E-state index >= 15 is 0 Å². The van der Waals surface area contributed by atoms with Crippen molar-refractivity contribution in [3.8, 4) is 0 Å². The summed E-state index contributed by atoms with van der Waals surface area (Å²) in [7, 11) is -2.55. The van der Waals surface area contributed by atoms with Crippen LogP contribution in [-0.2, 0) is 4.43 Å². The standard InChI is InChI=1S/C25H34O2Si/c1-20(19-21-13-11-12-18-24(21)26)27-28(25(2,3)4,22-14-7-5-8-15-22)23-16-9-6-10-17-23/h5-10,14-17,19-20,24,26H,11-13,18H2,1-4H3/b21-19+/t20?,24-/m0/s1. The van der Waals surface area contributed by atoms with E-state index in [-0.39, 0.29) is 17.2 Å². The molecule has 0 bridgehead atoms. The van der Waals surface area contributed by atoms with Crippen LogP contribution in [0.2, 0.25) is 5.04 Å². The Morgan fingerprint density at radius 3 is 1.96 bits per heavy atom. The SMILES string of the molecule is CC(/C=C1\CCCC[C@@H]1O)O[Si](c1ccccc1)(c1ccccc1)C(C)(C)C. The molecule has 2 atom stereocenters. The first-order valence-electron chi connectivity index (χ1n) is 10.5. The van der Waals surface area contributed by atoms with Gasteiger partial charge in [0.05, 0.1) is 12.2 Å². The lowest BCUT2D eigenvalue weighted by atomic mass is 9.91. The number of benzene rings is 2. The number of rotatable bonds is 5. The summed E-state index contributed by atoms with van der Waals surface area (Å²) < 4.78 is 7.08. The summed E-state index contributed by atoms with van der Waals surface area (Å²) in [5.41, 5.74) is 1.15. The van der Waals surface area contributed by atoms with Gasteiger partial charge in [0, 0.05) is 0 Å². The second-order valence-electron chi connectivity index (χ2n) is 8.99. The normalized spacial score (nSPS) is 20.9. The van der Waals surface area contributed by atoms with Crippen LogP contribution >= 0.6 is 0 Å². The van der Waals surface area contributed by atoms with Crippen molar-refractivity contribution in [2.45, 2.75) is 70.6 Å². The molecule has 1 N–H and O–H groups in total. The van der Waals surface area contributed by atoms with Gasteiger partial charge in [0.25, 0.3) is 8.32 Å². The minimum atomic E-state index is -2.55. The number of aliphatic hydroxyl groups is 1. The maximum atomic E-state index is 10.4. The molecule has 1 fully saturated rings. The van der Waals surface area contributed by atoms with E-state index in [9.17, 15) is 5.11 Å². The van der Waals surface area contributed by atoms with Gasteiger partial charge in [-0.3, -0.25) is 0 Å². The van der Waals surface area contributed by atoms with E-state index in [1.165, 1.54) is 10.4 Å². The van der Waals surface area contributed by atoms with Gasteiger partial charge in [0.15, 0.2) is 0 Å². The minimum absolute atomic E-state index is 0.0341. The van der Waals surface area contributed by atoms with Crippen LogP contribution < -0.4 is 10.4 Å². The first kappa shape index (κ1) is 21.0. The molecule has 0 radical (unpaired) electrons. The van der Waals surface area contributed by atoms with Gasteiger partial charge in [-0.1, -0.05) is 93.9 Å². The van der Waals surface area contributed by atoms with E-state index in [0.29, 0.717) is 0 Å². The molecule has 0 heterocycles. The summed E-state index contributed by atoms with van der Waals surface area (Å²) in [6.07, 6.45) is 5.96. The molecule has 2 nitrogen and oxygen atoms in total. The van der Waals surface area contributed by atoms with Crippen LogP contribution in [0, 0.1) is 0 Å². The van der Waals surface area contributed by atoms with Gasteiger partial charge in [0.2, 0.25) is 0 Å². The van der Waals surface area contributed by atoms with Gasteiger partial charge < -0.3 is 9.53 Å². The lowest BCUT2D eigenvalue weighted by Crippen LogP contribution is -2.67. The quantitative estimate of drug-likeness (QED) is 0.582. The molecule has 0 spiro atoms. The number of hydrogen-bond acceptors (Lipinski definition) is 2. The molecule has 2 aromatic carbocycles. The number of hydrogen-bond donors (Lipinski definition) is 1. The predicted molar refractivity (Wildman–Crippen MR) is 121 cm³/mol. The molecule has 2 aromatic rings. The molecular weight excluding hydrogens is 360 g/mol. The zero-order valence-electron chi connectivity index (χ0n) is 17.7. The van der Waals surface area contributed by atoms with Crippen molar-refractivity contribution >= 4 is 18.7 Å². The van der Waals surface area contributed by atoms with Crippen molar-refractivity contribution in [1.29, 1.82) is 0 Å². The highest BCUT2D eigenvalue weighted by Gasteiger charge is 2.50. The van der Waals surface area contributed by atoms with Crippen molar-refractivity contribution < 1.29 is 9.53 Å². The molecular formula is C25H34O2Si. The van der Waals surface area contributed by atoms with Crippen molar-refractivity contribution in [2.75, 3.05) is 0 Å². The minimum Gasteiger partial charge on any atom is -0.401 e. The molecule has 1 aliphatic carbocycles. The molecule has 150 valence electrons. The fraction of sp³-hybridized carbons (Fsp3) is 0.440. The predicted octanol–water partition coefficient (Wildman–Crippen LogP) is 4.81. The van der Waals surface area contributed by atoms with Crippen LogP contribution in [-0.4, -0.2) is 25.6 Å². The fourth-order valence-corrected chi connectivity index (χ4v) is 9.16. The molecule has 1 saturated carbocycles. The fourth-order valence-electron chi connectivity index (χ4n) is 4.52. The summed E-state index contributed by atoms with van der Waals surface area (Å²) in [5, 5.41) is 13.0. The molecule has 3 heteroatoms. The van der Waals surface area contributed by atoms with Gasteiger partial charge in [0.1, 0.15) is 0 Å². The Balaban J connectivity index is 2.07. The van der Waals surface area contributed by atoms with Crippen molar-refractivity contribution in [1.82, 2.24) is 0 Å². The molecule has 0 amide bonds. The van der Waals surface area contributed by atoms with E-state index in [2.05, 4.69) is 94.4 Å². The maximum absolute atomic E-state index is 10.4. The highest BCUT2D eigenvalue weighted by molar-refractivity contribution is 6.99. The Labute approximate surface area is 171 Å². The Kier molecular flexibility index (Phi) is 6.59. The second kappa shape index (κ2) is 8.77. The van der Waals surface area contributed by atoms with Crippen molar-refractivity contribution in [3.05, 3.63) is 72.3 Å². The largest absolute Gasteiger partial charge is 0.401 e. The number of aliphatic hydroxyl groups excluding tert-OH is 1. The Bertz CT molecular complexity index is 738. The molecule has 28 heavy (non-hydrogen) atoms. The van der Waals surface area contributed by atoms with E-state index in [1.54, 1.807) is 0 Å². The van der Waals surface area contributed by atoms with Gasteiger partial charge in [-0.15, -0.1) is 0 Å². The molecule has 0 aliphatic heterocycles. The summed E-state index contributed by atoms with van der Waals surface area (Å²) >= 11 is 0. The topological polar surface area (TPSA) is 29.5 Å². The highest BCUT2D eigenvalue weighted by Crippen LogP contribution is 2.38. The van der Waals surface area contributed by atoms with Crippen molar-refractivity contribution in [3.63, 3.8) is 0 Å². The zero-order chi connectivity index (χ0) is 20.2. The van der Waals surface area contributed by atoms with Gasteiger partial charge >= 0.3 is 0 Å². The maximum Gasteiger partial charge on any atom is 0.261 e. The van der Waals surface area contributed by atoms with E-state index in [0.717, 1.165) is 31.3 Å². The van der Waals surface area contributed by atoms with Crippen LogP contribution in [0.5, 0.6) is 0 Å². The van der Waals surface area contributed by atoms with Crippen molar-refractivity contribution in [2.24, 2.45) is 0 Å². The average Bonchev–Trinajstić information content (AvgIpc) is 2.68. The molecule has 0 saturated heterocycles. The van der Waals surface area contributed by atoms with Crippen LogP contribution in [0.3, 0.4) is 0 Å². The Hall–Kier alpha value is -1.68. The summed E-state index contributed by atoms with van der Waals surface area (Å²) in [4.78, 5) is 0. The first-order chi connectivity index (χ1) is 13.3. The molecule has 1 aliphatic rings. The van der Waals surface area contributed by atoms with Crippen LogP contribution in [0.4, 0.5) is 0 Å². The summed E-state index contributed by atoms with van der Waals surface area (Å²) in [5.74, 6) is 0. The van der Waals surface area contributed by atoms with Gasteiger partial charge in [-0.2, -0.15) is 0 Å². The Morgan fingerprint density at radius 2 is 1.50 bits per heavy atom. The first-order valence-corrected chi connectivity index (χ1v) is 12.4. The van der Waals surface area contributed by atoms with Crippen LogP contribution in [0.1, 0.15) is 53.4 Å². The molecule has 0 aromatic heterocycles. The summed E-state index contributed by atoms with van der Waals surface area (Å²) in [6, 6.07) is 21.5. The third-order valence-electron chi connectivity index (χ3n) is 5.85. The molecule has 1 unspecified atom stereocenters. The summed E-state index contributed by atoms with van der Waals surface area (Å²) in [6.45, 7) is 9.03. The molecule has 3 rings (SSSR count). The second-order valence-corrected chi connectivity index (χ2v) is 13.2. The van der Waals surface area contributed by atoms with Gasteiger partial charge in [-0.05, 0) is 47.2 Å². The smallest absolute Gasteiger partial charge is 0.261 e. The Morgan fingerprint density at radius 1 is 0.964 bits per heavy atom. The van der Waals surface area contributed by atoms with E-state index in [1.807, 2.05) is 0 Å².